The quantitative estimate of drug-likeness (QED) is 0.466. The molecule has 0 saturated heterocycles. The van der Waals surface area contributed by atoms with Gasteiger partial charge in [0.2, 0.25) is 11.8 Å². The van der Waals surface area contributed by atoms with Crippen molar-refractivity contribution in [3.8, 4) is 5.75 Å². The Morgan fingerprint density at radius 1 is 1.03 bits per heavy atom. The van der Waals surface area contributed by atoms with Gasteiger partial charge in [0.25, 0.3) is 0 Å². The van der Waals surface area contributed by atoms with Crippen LogP contribution in [0.25, 0.3) is 0 Å². The molecule has 1 N–H and O–H groups in total. The van der Waals surface area contributed by atoms with Crippen molar-refractivity contribution >= 4 is 27.7 Å². The molecule has 0 heterocycles. The number of carbonyl (C=O) groups excluding carboxylic acids is 2. The summed E-state index contributed by atoms with van der Waals surface area (Å²) in [5.41, 5.74) is 2.80. The summed E-state index contributed by atoms with van der Waals surface area (Å²) in [4.78, 5) is 28.2. The van der Waals surface area contributed by atoms with Crippen molar-refractivity contribution in [3.63, 3.8) is 0 Å². The lowest BCUT2D eigenvalue weighted by atomic mass is 10.1. The van der Waals surface area contributed by atoms with E-state index in [9.17, 15) is 18.0 Å². The molecular formula is C26H38N4O5S. The van der Waals surface area contributed by atoms with Gasteiger partial charge < -0.3 is 15.0 Å². The third-order valence-corrected chi connectivity index (χ3v) is 7.71. The summed E-state index contributed by atoms with van der Waals surface area (Å²) >= 11 is 0. The van der Waals surface area contributed by atoms with Crippen LogP contribution in [0, 0.1) is 13.8 Å². The predicted octanol–water partition coefficient (Wildman–Crippen LogP) is 2.87. The van der Waals surface area contributed by atoms with Gasteiger partial charge in [-0.25, -0.2) is 4.31 Å². The van der Waals surface area contributed by atoms with Crippen molar-refractivity contribution in [3.05, 3.63) is 59.2 Å². The minimum absolute atomic E-state index is 0.140. The number of likely N-dealkylation sites (N-methyl/N-ethyl adjacent to an activating group) is 1. The first-order chi connectivity index (χ1) is 17.0. The number of amides is 2. The van der Waals surface area contributed by atoms with E-state index in [1.54, 1.807) is 32.2 Å². The zero-order chi connectivity index (χ0) is 27.0. The molecule has 2 aromatic carbocycles. The lowest BCUT2D eigenvalue weighted by Crippen LogP contribution is -2.53. The molecule has 0 aliphatic carbocycles. The number of hydrogen-bond acceptors (Lipinski definition) is 5. The number of nitrogens with zero attached hydrogens (tertiary/aromatic N) is 3. The Balaban J connectivity index is 2.54. The first kappa shape index (κ1) is 29.1. The Bertz CT molecular complexity index is 1150. The number of hydrogen-bond donors (Lipinski definition) is 1. The number of anilines is 1. The molecule has 36 heavy (non-hydrogen) atoms. The van der Waals surface area contributed by atoms with Crippen LogP contribution in [0.3, 0.4) is 0 Å². The van der Waals surface area contributed by atoms with Crippen LogP contribution in [0.1, 0.15) is 37.0 Å². The van der Waals surface area contributed by atoms with Crippen LogP contribution in [-0.4, -0.2) is 69.8 Å². The second-order valence-electron chi connectivity index (χ2n) is 8.78. The second kappa shape index (κ2) is 12.7. The predicted molar refractivity (Wildman–Crippen MR) is 142 cm³/mol. The highest BCUT2D eigenvalue weighted by Crippen LogP contribution is 2.26. The lowest BCUT2D eigenvalue weighted by molar-refractivity contribution is -0.140. The van der Waals surface area contributed by atoms with E-state index >= 15 is 0 Å². The number of ether oxygens (including phenoxy) is 1. The standard InChI is InChI=1S/C26H38N4O5S/c1-8-23(26(32)27-9-2)29(17-21-12-14-22(35-7)15-13-21)25(31)18-30(36(33,34)28(5)6)24-16-19(3)10-11-20(24)4/h10-16,23H,8-9,17-18H2,1-7H3,(H,27,32)/t23-/m1/s1. The van der Waals surface area contributed by atoms with E-state index in [4.69, 9.17) is 4.74 Å². The second-order valence-corrected chi connectivity index (χ2v) is 10.8. The fraction of sp³-hybridized carbons (Fsp3) is 0.462. The lowest BCUT2D eigenvalue weighted by Gasteiger charge is -2.34. The fourth-order valence-corrected chi connectivity index (χ4v) is 4.94. The third kappa shape index (κ3) is 6.98. The van der Waals surface area contributed by atoms with Crippen molar-refractivity contribution in [2.45, 2.75) is 46.7 Å². The van der Waals surface area contributed by atoms with E-state index in [0.717, 1.165) is 25.3 Å². The van der Waals surface area contributed by atoms with E-state index in [1.165, 1.54) is 19.0 Å². The Morgan fingerprint density at radius 3 is 2.19 bits per heavy atom. The maximum atomic E-state index is 13.8. The third-order valence-electron chi connectivity index (χ3n) is 5.90. The summed E-state index contributed by atoms with van der Waals surface area (Å²) in [7, 11) is 0.421. The minimum Gasteiger partial charge on any atom is -0.497 e. The number of rotatable bonds is 12. The zero-order valence-electron chi connectivity index (χ0n) is 22.2. The molecule has 0 fully saturated rings. The van der Waals surface area contributed by atoms with E-state index < -0.39 is 28.7 Å². The van der Waals surface area contributed by atoms with Gasteiger partial charge in [-0.15, -0.1) is 0 Å². The number of aryl methyl sites for hydroxylation is 2. The summed E-state index contributed by atoms with van der Waals surface area (Å²) in [5, 5.41) is 2.79. The van der Waals surface area contributed by atoms with E-state index in [-0.39, 0.29) is 12.5 Å². The van der Waals surface area contributed by atoms with Crippen LogP contribution < -0.4 is 14.4 Å². The monoisotopic (exact) mass is 518 g/mol. The molecule has 0 bridgehead atoms. The average molecular weight is 519 g/mol. The first-order valence-corrected chi connectivity index (χ1v) is 13.3. The molecule has 0 unspecified atom stereocenters. The molecule has 9 nitrogen and oxygen atoms in total. The number of methoxy groups -OCH3 is 1. The summed E-state index contributed by atoms with van der Waals surface area (Å²) in [6.07, 6.45) is 0.373. The molecule has 10 heteroatoms. The number of nitrogens with one attached hydrogen (secondary N) is 1. The van der Waals surface area contributed by atoms with Crippen LogP contribution in [-0.2, 0) is 26.3 Å². The van der Waals surface area contributed by atoms with E-state index in [1.807, 2.05) is 45.0 Å². The van der Waals surface area contributed by atoms with Gasteiger partial charge >= 0.3 is 10.2 Å². The molecule has 0 aliphatic heterocycles. The van der Waals surface area contributed by atoms with E-state index in [0.29, 0.717) is 24.4 Å². The largest absolute Gasteiger partial charge is 0.497 e. The van der Waals surface area contributed by atoms with Gasteiger partial charge in [0.1, 0.15) is 18.3 Å². The number of carbonyl (C=O) groups is 2. The molecule has 198 valence electrons. The normalized spacial score (nSPS) is 12.2. The van der Waals surface area contributed by atoms with E-state index in [2.05, 4.69) is 5.32 Å². The first-order valence-electron chi connectivity index (χ1n) is 11.9. The van der Waals surface area contributed by atoms with Crippen molar-refractivity contribution in [2.75, 3.05) is 38.6 Å². The Morgan fingerprint density at radius 2 is 1.67 bits per heavy atom. The van der Waals surface area contributed by atoms with Crippen LogP contribution in [0.5, 0.6) is 5.75 Å². The van der Waals surface area contributed by atoms with Gasteiger partial charge in [0.05, 0.1) is 12.8 Å². The van der Waals surface area contributed by atoms with Crippen LogP contribution in [0.15, 0.2) is 42.5 Å². The van der Waals surface area contributed by atoms with Gasteiger partial charge in [-0.1, -0.05) is 31.2 Å². The van der Waals surface area contributed by atoms with Gasteiger partial charge in [0.15, 0.2) is 0 Å². The summed E-state index contributed by atoms with van der Waals surface area (Å²) in [6.45, 7) is 7.42. The smallest absolute Gasteiger partial charge is 0.304 e. The SMILES string of the molecule is CCNC(=O)[C@@H](CC)N(Cc1ccc(OC)cc1)C(=O)CN(c1cc(C)ccc1C)S(=O)(=O)N(C)C. The molecule has 0 aliphatic rings. The molecular weight excluding hydrogens is 480 g/mol. The minimum atomic E-state index is -4.00. The zero-order valence-corrected chi connectivity index (χ0v) is 23.1. The van der Waals surface area contributed by atoms with Crippen molar-refractivity contribution in [2.24, 2.45) is 0 Å². The van der Waals surface area contributed by atoms with Crippen LogP contribution >= 0.6 is 0 Å². The fourth-order valence-electron chi connectivity index (χ4n) is 3.83. The summed E-state index contributed by atoms with van der Waals surface area (Å²) in [6, 6.07) is 11.9. The molecule has 1 atom stereocenters. The topological polar surface area (TPSA) is 99.3 Å². The summed E-state index contributed by atoms with van der Waals surface area (Å²) in [5.74, 6) is -0.0866. The van der Waals surface area contributed by atoms with Crippen molar-refractivity contribution in [1.82, 2.24) is 14.5 Å². The Labute approximate surface area is 215 Å². The Hall–Kier alpha value is -3.11. The highest BCUT2D eigenvalue weighted by Gasteiger charge is 2.34. The maximum absolute atomic E-state index is 13.8. The van der Waals surface area contributed by atoms with Gasteiger partial charge in [-0.3, -0.25) is 9.59 Å². The van der Waals surface area contributed by atoms with Crippen molar-refractivity contribution < 1.29 is 22.7 Å². The average Bonchev–Trinajstić information content (AvgIpc) is 2.84. The summed E-state index contributed by atoms with van der Waals surface area (Å²) < 4.78 is 34.1. The Kier molecular flexibility index (Phi) is 10.3. The molecule has 0 spiro atoms. The van der Waals surface area contributed by atoms with Gasteiger partial charge in [-0.2, -0.15) is 12.7 Å². The molecule has 2 amide bonds. The maximum Gasteiger partial charge on any atom is 0.304 e. The van der Waals surface area contributed by atoms with Crippen molar-refractivity contribution in [1.29, 1.82) is 0 Å². The number of benzene rings is 2. The molecule has 0 saturated carbocycles. The highest BCUT2D eigenvalue weighted by atomic mass is 32.2. The van der Waals surface area contributed by atoms with Crippen LogP contribution in [0.4, 0.5) is 5.69 Å². The molecule has 2 rings (SSSR count). The molecule has 2 aromatic rings. The van der Waals surface area contributed by atoms with Crippen LogP contribution in [0.2, 0.25) is 0 Å². The highest BCUT2D eigenvalue weighted by molar-refractivity contribution is 7.90. The molecule has 0 radical (unpaired) electrons. The molecule has 0 aromatic heterocycles. The van der Waals surface area contributed by atoms with Gasteiger partial charge in [-0.05, 0) is 62.1 Å². The van der Waals surface area contributed by atoms with Gasteiger partial charge in [0, 0.05) is 27.2 Å².